The maximum Gasteiger partial charge on any atom is 0.357 e. The molecule has 1 aliphatic heterocycles. The molecule has 0 spiro atoms. The molecule has 0 bridgehead atoms. The molecule has 0 saturated carbocycles. The summed E-state index contributed by atoms with van der Waals surface area (Å²) in [7, 11) is 2.58. The number of benzene rings is 2. The van der Waals surface area contributed by atoms with Crippen LogP contribution in [0.4, 0.5) is 0 Å². The Balaban J connectivity index is 1.81. The highest BCUT2D eigenvalue weighted by molar-refractivity contribution is 6.06. The van der Waals surface area contributed by atoms with Crippen molar-refractivity contribution >= 4 is 11.9 Å². The number of aromatic nitrogens is 2. The molecule has 1 aromatic heterocycles. The molecule has 0 amide bonds. The highest BCUT2D eigenvalue weighted by atomic mass is 16.5. The Morgan fingerprint density at radius 3 is 2.48 bits per heavy atom. The summed E-state index contributed by atoms with van der Waals surface area (Å²) in [6.07, 6.45) is 2.48. The summed E-state index contributed by atoms with van der Waals surface area (Å²) in [5.74, 6) is -0.601. The van der Waals surface area contributed by atoms with Gasteiger partial charge in [0.2, 0.25) is 0 Å². The molecule has 2 aromatic carbocycles. The van der Waals surface area contributed by atoms with Crippen LogP contribution in [0, 0.1) is 5.92 Å². The fraction of sp³-hybridized carbons (Fsp3) is 0.346. The van der Waals surface area contributed by atoms with Crippen molar-refractivity contribution in [3.8, 4) is 16.9 Å². The second-order valence-corrected chi connectivity index (χ2v) is 8.49. The summed E-state index contributed by atoms with van der Waals surface area (Å²) < 4.78 is 11.5. The number of nitrogens with zero attached hydrogens (tertiary/aromatic N) is 3. The third kappa shape index (κ3) is 4.83. The molecular weight excluding hydrogens is 418 g/mol. The minimum atomic E-state index is -0.656. The highest BCUT2D eigenvalue weighted by Crippen LogP contribution is 2.30. The lowest BCUT2D eigenvalue weighted by molar-refractivity contribution is 0.0549. The van der Waals surface area contributed by atoms with E-state index < -0.39 is 11.9 Å². The first-order chi connectivity index (χ1) is 16.0. The second kappa shape index (κ2) is 10.0. The normalized spacial score (nSPS) is 16.4. The first kappa shape index (κ1) is 22.7. The number of carbonyl (C=O) groups is 2. The van der Waals surface area contributed by atoms with Crippen LogP contribution in [0.5, 0.6) is 0 Å². The molecule has 7 nitrogen and oxygen atoms in total. The average molecular weight is 448 g/mol. The number of piperidine rings is 1. The highest BCUT2D eigenvalue weighted by Gasteiger charge is 2.31. The molecule has 0 aliphatic carbocycles. The Morgan fingerprint density at radius 1 is 1.03 bits per heavy atom. The lowest BCUT2D eigenvalue weighted by Gasteiger charge is -2.30. The lowest BCUT2D eigenvalue weighted by Crippen LogP contribution is -2.33. The van der Waals surface area contributed by atoms with E-state index in [9.17, 15) is 9.59 Å². The summed E-state index contributed by atoms with van der Waals surface area (Å²) in [4.78, 5) is 28.1. The second-order valence-electron chi connectivity index (χ2n) is 8.49. The summed E-state index contributed by atoms with van der Waals surface area (Å²) in [6, 6.07) is 17.2. The summed E-state index contributed by atoms with van der Waals surface area (Å²) in [5, 5.41) is 4.69. The predicted molar refractivity (Wildman–Crippen MR) is 125 cm³/mol. The quantitative estimate of drug-likeness (QED) is 0.523. The van der Waals surface area contributed by atoms with Crippen molar-refractivity contribution in [2.45, 2.75) is 26.3 Å². The largest absolute Gasteiger partial charge is 0.465 e. The van der Waals surface area contributed by atoms with Crippen LogP contribution in [0.1, 0.15) is 46.2 Å². The standard InChI is InChI=1S/C26H29N3O4/c1-18-9-8-14-28(16-18)17-19-10-7-11-20(15-19)23-22(25(30)32-2)24(26(31)33-3)29(27-23)21-12-5-4-6-13-21/h4-7,10-13,15,18H,8-9,14,16-17H2,1-3H3. The first-order valence-corrected chi connectivity index (χ1v) is 11.2. The van der Waals surface area contributed by atoms with Crippen LogP contribution in [0.25, 0.3) is 16.9 Å². The number of likely N-dealkylation sites (tertiary alicyclic amines) is 1. The maximum absolute atomic E-state index is 12.8. The molecule has 1 fully saturated rings. The van der Waals surface area contributed by atoms with Crippen LogP contribution < -0.4 is 0 Å². The van der Waals surface area contributed by atoms with Crippen molar-refractivity contribution in [1.29, 1.82) is 0 Å². The van der Waals surface area contributed by atoms with E-state index in [-0.39, 0.29) is 11.3 Å². The van der Waals surface area contributed by atoms with Crippen molar-refractivity contribution in [3.63, 3.8) is 0 Å². The van der Waals surface area contributed by atoms with E-state index in [1.54, 1.807) is 0 Å². The molecular formula is C26H29N3O4. The molecule has 1 aliphatic rings. The number of para-hydroxylation sites is 1. The Hall–Kier alpha value is -3.45. The van der Waals surface area contributed by atoms with Crippen LogP contribution in [0.2, 0.25) is 0 Å². The zero-order valence-electron chi connectivity index (χ0n) is 19.3. The molecule has 0 radical (unpaired) electrons. The Labute approximate surface area is 193 Å². The average Bonchev–Trinajstić information content (AvgIpc) is 3.24. The fourth-order valence-electron chi connectivity index (χ4n) is 4.46. The van der Waals surface area contributed by atoms with E-state index in [4.69, 9.17) is 14.6 Å². The number of carbonyl (C=O) groups excluding carboxylic acids is 2. The zero-order chi connectivity index (χ0) is 23.4. The van der Waals surface area contributed by atoms with Gasteiger partial charge in [-0.25, -0.2) is 14.3 Å². The monoisotopic (exact) mass is 447 g/mol. The van der Waals surface area contributed by atoms with E-state index in [1.165, 1.54) is 31.7 Å². The number of hydrogen-bond donors (Lipinski definition) is 0. The van der Waals surface area contributed by atoms with Gasteiger partial charge in [-0.05, 0) is 49.1 Å². The SMILES string of the molecule is COC(=O)c1c(-c2cccc(CN3CCCC(C)C3)c2)nn(-c2ccccc2)c1C(=O)OC. The third-order valence-corrected chi connectivity index (χ3v) is 6.00. The zero-order valence-corrected chi connectivity index (χ0v) is 19.3. The van der Waals surface area contributed by atoms with Crippen molar-refractivity contribution in [2.24, 2.45) is 5.92 Å². The van der Waals surface area contributed by atoms with E-state index >= 15 is 0 Å². The fourth-order valence-corrected chi connectivity index (χ4v) is 4.46. The number of ether oxygens (including phenoxy) is 2. The van der Waals surface area contributed by atoms with Crippen molar-refractivity contribution < 1.29 is 19.1 Å². The van der Waals surface area contributed by atoms with E-state index in [2.05, 4.69) is 17.9 Å². The van der Waals surface area contributed by atoms with Crippen LogP contribution in [0.15, 0.2) is 54.6 Å². The van der Waals surface area contributed by atoms with Crippen LogP contribution >= 0.6 is 0 Å². The summed E-state index contributed by atoms with van der Waals surface area (Å²) >= 11 is 0. The van der Waals surface area contributed by atoms with Crippen molar-refractivity contribution in [2.75, 3.05) is 27.3 Å². The molecule has 4 rings (SSSR count). The van der Waals surface area contributed by atoms with Gasteiger partial charge in [0.05, 0.1) is 19.9 Å². The van der Waals surface area contributed by atoms with Crippen molar-refractivity contribution in [1.82, 2.24) is 14.7 Å². The molecule has 1 saturated heterocycles. The van der Waals surface area contributed by atoms with E-state index in [0.29, 0.717) is 17.3 Å². The molecule has 1 unspecified atom stereocenters. The van der Waals surface area contributed by atoms with Gasteiger partial charge in [-0.1, -0.05) is 43.3 Å². The smallest absolute Gasteiger partial charge is 0.357 e. The summed E-state index contributed by atoms with van der Waals surface area (Å²) in [6.45, 7) is 5.27. The summed E-state index contributed by atoms with van der Waals surface area (Å²) in [5.41, 5.74) is 3.05. The Morgan fingerprint density at radius 2 is 1.79 bits per heavy atom. The van der Waals surface area contributed by atoms with Crippen molar-refractivity contribution in [3.05, 3.63) is 71.4 Å². The molecule has 7 heteroatoms. The van der Waals surface area contributed by atoms with Gasteiger partial charge in [0.25, 0.3) is 0 Å². The van der Waals surface area contributed by atoms with Crippen LogP contribution in [0.3, 0.4) is 0 Å². The predicted octanol–water partition coefficient (Wildman–Crippen LogP) is 4.34. The molecule has 3 aromatic rings. The van der Waals surface area contributed by atoms with Crippen LogP contribution in [-0.2, 0) is 16.0 Å². The Bertz CT molecular complexity index is 1140. The molecule has 1 atom stereocenters. The maximum atomic E-state index is 12.8. The topological polar surface area (TPSA) is 73.7 Å². The van der Waals surface area contributed by atoms with Gasteiger partial charge in [-0.2, -0.15) is 5.10 Å². The van der Waals surface area contributed by atoms with Gasteiger partial charge in [0, 0.05) is 18.7 Å². The van der Waals surface area contributed by atoms with Gasteiger partial charge in [0.15, 0.2) is 5.69 Å². The molecule has 33 heavy (non-hydrogen) atoms. The van der Waals surface area contributed by atoms with E-state index in [0.717, 1.165) is 30.8 Å². The number of rotatable bonds is 6. The lowest BCUT2D eigenvalue weighted by atomic mass is 9.99. The van der Waals surface area contributed by atoms with E-state index in [1.807, 2.05) is 48.5 Å². The third-order valence-electron chi connectivity index (χ3n) is 6.00. The first-order valence-electron chi connectivity index (χ1n) is 11.2. The van der Waals surface area contributed by atoms with Gasteiger partial charge < -0.3 is 9.47 Å². The number of esters is 2. The number of methoxy groups -OCH3 is 2. The molecule has 172 valence electrons. The molecule has 0 N–H and O–H groups in total. The Kier molecular flexibility index (Phi) is 6.89. The molecule has 2 heterocycles. The van der Waals surface area contributed by atoms with Gasteiger partial charge in [-0.15, -0.1) is 0 Å². The minimum absolute atomic E-state index is 0.0424. The number of hydrogen-bond acceptors (Lipinski definition) is 6. The van der Waals surface area contributed by atoms with Crippen LogP contribution in [-0.4, -0.2) is 53.9 Å². The van der Waals surface area contributed by atoms with Gasteiger partial charge >= 0.3 is 11.9 Å². The minimum Gasteiger partial charge on any atom is -0.465 e. The van der Waals surface area contributed by atoms with Gasteiger partial charge in [0.1, 0.15) is 11.3 Å². The van der Waals surface area contributed by atoms with Gasteiger partial charge in [-0.3, -0.25) is 4.90 Å².